The van der Waals surface area contributed by atoms with Crippen LogP contribution >= 0.6 is 24.0 Å². The van der Waals surface area contributed by atoms with Crippen LogP contribution in [0.2, 0.25) is 0 Å². The Kier molecular flexibility index (Phi) is 6.24. The molecule has 1 aromatic rings. The van der Waals surface area contributed by atoms with Crippen molar-refractivity contribution in [1.82, 2.24) is 10.2 Å². The fourth-order valence-corrected chi connectivity index (χ4v) is 1.87. The van der Waals surface area contributed by atoms with Crippen molar-refractivity contribution < 1.29 is 0 Å². The van der Waals surface area contributed by atoms with Gasteiger partial charge in [-0.05, 0) is 12.1 Å². The number of aliphatic imine (C=N–C) groups is 1. The van der Waals surface area contributed by atoms with Gasteiger partial charge in [-0.2, -0.15) is 0 Å². The molecule has 100 valence electrons. The summed E-state index contributed by atoms with van der Waals surface area (Å²) in [6.45, 7) is 3.82. The van der Waals surface area contributed by atoms with E-state index in [4.69, 9.17) is 0 Å². The molecule has 1 N–H and O–H groups in total. The Morgan fingerprint density at radius 2 is 2.06 bits per heavy atom. The van der Waals surface area contributed by atoms with Crippen molar-refractivity contribution >= 4 is 35.6 Å². The quantitative estimate of drug-likeness (QED) is 0.829. The van der Waals surface area contributed by atoms with Gasteiger partial charge in [0.1, 0.15) is 0 Å². The molecular weight excluding hydrogens is 339 g/mol. The molecule has 1 heterocycles. The Morgan fingerprint density at radius 1 is 1.33 bits per heavy atom. The first-order valence-corrected chi connectivity index (χ1v) is 6.03. The van der Waals surface area contributed by atoms with Crippen LogP contribution in [0.3, 0.4) is 0 Å². The number of rotatable bonds is 4. The molecule has 0 radical (unpaired) electrons. The van der Waals surface area contributed by atoms with Gasteiger partial charge in [0.25, 0.3) is 0 Å². The molecule has 0 aromatic heterocycles. The average Bonchev–Trinajstić information content (AvgIpc) is 2.76. The summed E-state index contributed by atoms with van der Waals surface area (Å²) in [7, 11) is 4.18. The molecule has 0 bridgehead atoms. The van der Waals surface area contributed by atoms with Gasteiger partial charge in [-0.3, -0.25) is 4.99 Å². The number of para-hydroxylation sites is 1. The van der Waals surface area contributed by atoms with Gasteiger partial charge in [0.2, 0.25) is 0 Å². The van der Waals surface area contributed by atoms with Gasteiger partial charge < -0.3 is 15.1 Å². The summed E-state index contributed by atoms with van der Waals surface area (Å²) in [4.78, 5) is 8.79. The molecule has 18 heavy (non-hydrogen) atoms. The lowest BCUT2D eigenvalue weighted by Gasteiger charge is -2.21. The van der Waals surface area contributed by atoms with Crippen molar-refractivity contribution in [3.8, 4) is 0 Å². The van der Waals surface area contributed by atoms with Gasteiger partial charge in [0.15, 0.2) is 5.96 Å². The van der Waals surface area contributed by atoms with Crippen LogP contribution in [0.15, 0.2) is 35.3 Å². The monoisotopic (exact) mass is 360 g/mol. The highest BCUT2D eigenvalue weighted by Gasteiger charge is 2.11. The lowest BCUT2D eigenvalue weighted by Crippen LogP contribution is -2.39. The van der Waals surface area contributed by atoms with Crippen LogP contribution in [-0.2, 0) is 0 Å². The number of hydrogen-bond donors (Lipinski definition) is 1. The van der Waals surface area contributed by atoms with Crippen molar-refractivity contribution in [3.05, 3.63) is 30.3 Å². The number of hydrogen-bond acceptors (Lipinski definition) is 4. The second-order valence-corrected chi connectivity index (χ2v) is 4.31. The minimum atomic E-state index is 0. The number of guanidine groups is 1. The summed E-state index contributed by atoms with van der Waals surface area (Å²) in [5.74, 6) is 1.02. The molecule has 0 saturated carbocycles. The van der Waals surface area contributed by atoms with E-state index in [0.29, 0.717) is 0 Å². The van der Waals surface area contributed by atoms with Gasteiger partial charge in [0.05, 0.1) is 6.54 Å². The van der Waals surface area contributed by atoms with Gasteiger partial charge in [0, 0.05) is 39.4 Å². The summed E-state index contributed by atoms with van der Waals surface area (Å²) in [6.07, 6.45) is 0. The van der Waals surface area contributed by atoms with E-state index in [1.165, 1.54) is 5.69 Å². The smallest absolute Gasteiger partial charge is 0.193 e. The number of anilines is 1. The molecule has 5 heteroatoms. The maximum atomic E-state index is 4.40. The molecule has 1 aromatic carbocycles. The minimum Gasteiger partial charge on any atom is -0.373 e. The largest absolute Gasteiger partial charge is 0.373 e. The van der Waals surface area contributed by atoms with Crippen molar-refractivity contribution in [3.63, 3.8) is 0 Å². The predicted octanol–water partition coefficient (Wildman–Crippen LogP) is 1.63. The van der Waals surface area contributed by atoms with Crippen LogP contribution in [0.5, 0.6) is 0 Å². The van der Waals surface area contributed by atoms with E-state index in [9.17, 15) is 0 Å². The maximum absolute atomic E-state index is 4.40. The number of benzene rings is 1. The van der Waals surface area contributed by atoms with E-state index in [2.05, 4.69) is 58.5 Å². The first-order valence-electron chi connectivity index (χ1n) is 6.03. The fourth-order valence-electron chi connectivity index (χ4n) is 1.87. The highest BCUT2D eigenvalue weighted by atomic mass is 127. The second kappa shape index (κ2) is 7.45. The van der Waals surface area contributed by atoms with Crippen LogP contribution in [0, 0.1) is 0 Å². The molecule has 0 fully saturated rings. The molecule has 1 aliphatic rings. The summed E-state index contributed by atoms with van der Waals surface area (Å²) in [5, 5.41) is 3.37. The highest BCUT2D eigenvalue weighted by Crippen LogP contribution is 2.09. The third-order valence-electron chi connectivity index (χ3n) is 2.99. The number of halogens is 1. The zero-order chi connectivity index (χ0) is 12.1. The summed E-state index contributed by atoms with van der Waals surface area (Å²) < 4.78 is 0. The third kappa shape index (κ3) is 4.04. The number of nitrogens with zero attached hydrogens (tertiary/aromatic N) is 3. The molecule has 1 aliphatic heterocycles. The molecule has 0 amide bonds. The molecule has 2 rings (SSSR count). The molecular formula is C13H21IN4. The second-order valence-electron chi connectivity index (χ2n) is 4.31. The van der Waals surface area contributed by atoms with Crippen LogP contribution in [-0.4, -0.2) is 51.1 Å². The van der Waals surface area contributed by atoms with Crippen molar-refractivity contribution in [1.29, 1.82) is 0 Å². The van der Waals surface area contributed by atoms with Crippen LogP contribution < -0.4 is 10.2 Å². The van der Waals surface area contributed by atoms with Crippen LogP contribution in [0.4, 0.5) is 5.69 Å². The fraction of sp³-hybridized carbons (Fsp3) is 0.462. The standard InChI is InChI=1S/C13H20N4.HI/c1-16(12-6-4-3-5-7-12)10-8-14-13-15-9-11-17(13)2;/h3-7H,8-11H2,1-2H3,(H,14,15);1H. The van der Waals surface area contributed by atoms with E-state index >= 15 is 0 Å². The Morgan fingerprint density at radius 3 is 2.67 bits per heavy atom. The molecule has 0 aliphatic carbocycles. The zero-order valence-corrected chi connectivity index (χ0v) is 13.3. The lowest BCUT2D eigenvalue weighted by molar-refractivity contribution is 0.534. The van der Waals surface area contributed by atoms with Gasteiger partial charge in [-0.1, -0.05) is 18.2 Å². The number of likely N-dealkylation sites (N-methyl/N-ethyl adjacent to an activating group) is 2. The molecule has 0 unspecified atom stereocenters. The normalized spacial score (nSPS) is 13.9. The van der Waals surface area contributed by atoms with Crippen LogP contribution in [0.25, 0.3) is 0 Å². The van der Waals surface area contributed by atoms with Crippen molar-refractivity contribution in [2.24, 2.45) is 4.99 Å². The average molecular weight is 360 g/mol. The van der Waals surface area contributed by atoms with Gasteiger partial charge in [-0.25, -0.2) is 0 Å². The third-order valence-corrected chi connectivity index (χ3v) is 2.99. The lowest BCUT2D eigenvalue weighted by atomic mass is 10.3. The Balaban J connectivity index is 0.00000162. The topological polar surface area (TPSA) is 30.9 Å². The highest BCUT2D eigenvalue weighted by molar-refractivity contribution is 14.0. The molecule has 0 atom stereocenters. The minimum absolute atomic E-state index is 0. The van der Waals surface area contributed by atoms with Crippen LogP contribution in [0.1, 0.15) is 0 Å². The van der Waals surface area contributed by atoms with E-state index in [1.807, 2.05) is 6.07 Å². The first kappa shape index (κ1) is 15.1. The first-order chi connectivity index (χ1) is 8.27. The summed E-state index contributed by atoms with van der Waals surface area (Å²) in [6, 6.07) is 10.4. The van der Waals surface area contributed by atoms with E-state index in [-0.39, 0.29) is 24.0 Å². The van der Waals surface area contributed by atoms with E-state index in [0.717, 1.165) is 32.1 Å². The number of nitrogens with one attached hydrogen (secondary N) is 1. The Hall–Kier alpha value is -0.980. The Labute approximate surface area is 126 Å². The zero-order valence-electron chi connectivity index (χ0n) is 11.0. The van der Waals surface area contributed by atoms with E-state index in [1.54, 1.807) is 0 Å². The molecule has 0 spiro atoms. The SMILES string of the molecule is CN1CCN=C1NCCN(C)c1ccccc1.I. The van der Waals surface area contributed by atoms with Crippen molar-refractivity contribution in [2.75, 3.05) is 45.2 Å². The maximum Gasteiger partial charge on any atom is 0.193 e. The van der Waals surface area contributed by atoms with E-state index < -0.39 is 0 Å². The summed E-state index contributed by atoms with van der Waals surface area (Å²) in [5.41, 5.74) is 1.25. The summed E-state index contributed by atoms with van der Waals surface area (Å²) >= 11 is 0. The molecule has 0 saturated heterocycles. The Bertz CT molecular complexity index is 380. The predicted molar refractivity (Wildman–Crippen MR) is 88.1 cm³/mol. The van der Waals surface area contributed by atoms with Gasteiger partial charge in [-0.15, -0.1) is 24.0 Å². The van der Waals surface area contributed by atoms with Crippen molar-refractivity contribution in [2.45, 2.75) is 0 Å². The van der Waals surface area contributed by atoms with Gasteiger partial charge >= 0.3 is 0 Å². The molecule has 4 nitrogen and oxygen atoms in total.